The Balaban J connectivity index is 2.72. The first kappa shape index (κ1) is 16.1. The zero-order valence-corrected chi connectivity index (χ0v) is 12.8. The highest BCUT2D eigenvalue weighted by atomic mass is 35.5. The fourth-order valence-corrected chi connectivity index (χ4v) is 1.88. The molecule has 0 aliphatic heterocycles. The van der Waals surface area contributed by atoms with Crippen LogP contribution >= 0.6 is 23.2 Å². The van der Waals surface area contributed by atoms with Crippen molar-refractivity contribution in [2.24, 2.45) is 11.1 Å². The molecule has 0 fully saturated rings. The van der Waals surface area contributed by atoms with Crippen LogP contribution in [0.25, 0.3) is 0 Å². The minimum Gasteiger partial charge on any atom is -0.333 e. The van der Waals surface area contributed by atoms with Crippen molar-refractivity contribution in [3.8, 4) is 0 Å². The van der Waals surface area contributed by atoms with Crippen LogP contribution in [0.15, 0.2) is 18.2 Å². The molecule has 1 aromatic rings. The quantitative estimate of drug-likeness (QED) is 0.800. The van der Waals surface area contributed by atoms with E-state index in [4.69, 9.17) is 28.9 Å². The number of carbonyl (C=O) groups is 1. The summed E-state index contributed by atoms with van der Waals surface area (Å²) in [4.78, 5) is 11.9. The van der Waals surface area contributed by atoms with Gasteiger partial charge in [-0.15, -0.1) is 0 Å². The maximum absolute atomic E-state index is 11.9. The molecule has 1 aromatic carbocycles. The second-order valence-electron chi connectivity index (χ2n) is 5.38. The van der Waals surface area contributed by atoms with Gasteiger partial charge in [-0.2, -0.15) is 0 Å². The smallest absolute Gasteiger partial charge is 0.319 e. The number of hydrogen-bond acceptors (Lipinski definition) is 2. The number of halogens is 2. The molecule has 1 atom stereocenters. The number of urea groups is 1. The second kappa shape index (κ2) is 6.46. The van der Waals surface area contributed by atoms with Gasteiger partial charge in [-0.05, 0) is 23.6 Å². The van der Waals surface area contributed by atoms with E-state index in [1.807, 2.05) is 20.8 Å². The van der Waals surface area contributed by atoms with Crippen molar-refractivity contribution in [3.05, 3.63) is 28.2 Å². The normalized spacial score (nSPS) is 12.9. The predicted molar refractivity (Wildman–Crippen MR) is 80.9 cm³/mol. The summed E-state index contributed by atoms with van der Waals surface area (Å²) in [5.41, 5.74) is 6.01. The van der Waals surface area contributed by atoms with Gasteiger partial charge in [0.15, 0.2) is 0 Å². The molecule has 2 amide bonds. The molecule has 0 saturated heterocycles. The zero-order chi connectivity index (χ0) is 14.6. The molecule has 0 saturated carbocycles. The topological polar surface area (TPSA) is 67.1 Å². The Labute approximate surface area is 123 Å². The molecular formula is C13H19Cl2N3O. The molecule has 4 N–H and O–H groups in total. The minimum atomic E-state index is -0.352. The number of rotatable bonds is 3. The summed E-state index contributed by atoms with van der Waals surface area (Å²) in [5, 5.41) is 6.43. The summed E-state index contributed by atoms with van der Waals surface area (Å²) in [6.07, 6.45) is 0. The van der Waals surface area contributed by atoms with Crippen molar-refractivity contribution in [1.82, 2.24) is 5.32 Å². The molecule has 0 aliphatic rings. The number of hydrogen-bond donors (Lipinski definition) is 3. The first-order chi connectivity index (χ1) is 8.74. The van der Waals surface area contributed by atoms with E-state index in [1.165, 1.54) is 0 Å². The number of anilines is 1. The minimum absolute atomic E-state index is 0.121. The SMILES string of the molecule is CC(C)(C)C(CN)NC(=O)Nc1cc(Cl)ccc1Cl. The van der Waals surface area contributed by atoms with Crippen LogP contribution in [0.3, 0.4) is 0 Å². The van der Waals surface area contributed by atoms with E-state index in [-0.39, 0.29) is 17.5 Å². The molecule has 1 rings (SSSR count). The van der Waals surface area contributed by atoms with Crippen LogP contribution < -0.4 is 16.4 Å². The van der Waals surface area contributed by atoms with Crippen LogP contribution in [0.1, 0.15) is 20.8 Å². The van der Waals surface area contributed by atoms with E-state index in [2.05, 4.69) is 10.6 Å². The van der Waals surface area contributed by atoms with Gasteiger partial charge in [-0.3, -0.25) is 0 Å². The lowest BCUT2D eigenvalue weighted by Crippen LogP contribution is -2.49. The Kier molecular flexibility index (Phi) is 5.47. The maximum atomic E-state index is 11.9. The third kappa shape index (κ3) is 4.90. The molecule has 19 heavy (non-hydrogen) atoms. The van der Waals surface area contributed by atoms with Crippen molar-refractivity contribution < 1.29 is 4.79 Å². The van der Waals surface area contributed by atoms with Crippen LogP contribution in [0, 0.1) is 5.41 Å². The Morgan fingerprint density at radius 2 is 2.00 bits per heavy atom. The Morgan fingerprint density at radius 1 is 1.37 bits per heavy atom. The maximum Gasteiger partial charge on any atom is 0.319 e. The van der Waals surface area contributed by atoms with Gasteiger partial charge in [0.2, 0.25) is 0 Å². The predicted octanol–water partition coefficient (Wildman–Crippen LogP) is 3.49. The molecule has 106 valence electrons. The number of carbonyl (C=O) groups excluding carboxylic acids is 1. The number of nitrogens with one attached hydrogen (secondary N) is 2. The second-order valence-corrected chi connectivity index (χ2v) is 6.22. The highest BCUT2D eigenvalue weighted by Gasteiger charge is 2.24. The van der Waals surface area contributed by atoms with Gasteiger partial charge in [0.25, 0.3) is 0 Å². The van der Waals surface area contributed by atoms with Crippen LogP contribution in [-0.4, -0.2) is 18.6 Å². The highest BCUT2D eigenvalue weighted by Crippen LogP contribution is 2.25. The summed E-state index contributed by atoms with van der Waals surface area (Å²) in [6, 6.07) is 4.40. The Hall–Kier alpha value is -0.970. The number of benzene rings is 1. The summed E-state index contributed by atoms with van der Waals surface area (Å²) in [5.74, 6) is 0. The third-order valence-electron chi connectivity index (χ3n) is 2.76. The molecule has 0 bridgehead atoms. The summed E-state index contributed by atoms with van der Waals surface area (Å²) in [6.45, 7) is 6.39. The standard InChI is InChI=1S/C13H19Cl2N3O/c1-13(2,3)11(7-16)18-12(19)17-10-6-8(14)4-5-9(10)15/h4-6,11H,7,16H2,1-3H3,(H2,17,18,19). The van der Waals surface area contributed by atoms with Crippen LogP contribution in [0.4, 0.5) is 10.5 Å². The Morgan fingerprint density at radius 3 is 2.53 bits per heavy atom. The first-order valence-corrected chi connectivity index (χ1v) is 6.72. The molecule has 6 heteroatoms. The van der Waals surface area contributed by atoms with Crippen LogP contribution in [-0.2, 0) is 0 Å². The van der Waals surface area contributed by atoms with Crippen LogP contribution in [0.2, 0.25) is 10.0 Å². The summed E-state index contributed by atoms with van der Waals surface area (Å²) < 4.78 is 0. The fourth-order valence-electron chi connectivity index (χ4n) is 1.54. The van der Waals surface area contributed by atoms with Gasteiger partial charge in [-0.25, -0.2) is 4.79 Å². The van der Waals surface area contributed by atoms with Gasteiger partial charge in [0, 0.05) is 17.6 Å². The third-order valence-corrected chi connectivity index (χ3v) is 3.33. The van der Waals surface area contributed by atoms with E-state index in [0.29, 0.717) is 22.3 Å². The molecule has 0 heterocycles. The average molecular weight is 304 g/mol. The van der Waals surface area contributed by atoms with Crippen molar-refractivity contribution in [2.45, 2.75) is 26.8 Å². The van der Waals surface area contributed by atoms with Gasteiger partial charge < -0.3 is 16.4 Å². The van der Waals surface area contributed by atoms with E-state index in [9.17, 15) is 4.79 Å². The van der Waals surface area contributed by atoms with Gasteiger partial charge in [0.1, 0.15) is 0 Å². The molecule has 1 unspecified atom stereocenters. The zero-order valence-electron chi connectivity index (χ0n) is 11.3. The summed E-state index contributed by atoms with van der Waals surface area (Å²) >= 11 is 11.8. The molecule has 4 nitrogen and oxygen atoms in total. The van der Waals surface area contributed by atoms with E-state index >= 15 is 0 Å². The van der Waals surface area contributed by atoms with E-state index < -0.39 is 0 Å². The van der Waals surface area contributed by atoms with Crippen molar-refractivity contribution in [3.63, 3.8) is 0 Å². The van der Waals surface area contributed by atoms with Gasteiger partial charge in [-0.1, -0.05) is 44.0 Å². The first-order valence-electron chi connectivity index (χ1n) is 5.96. The molecule has 0 aliphatic carbocycles. The molecule has 0 radical (unpaired) electrons. The van der Waals surface area contributed by atoms with Crippen LogP contribution in [0.5, 0.6) is 0 Å². The number of amides is 2. The van der Waals surface area contributed by atoms with Crippen molar-refractivity contribution in [2.75, 3.05) is 11.9 Å². The average Bonchev–Trinajstić information content (AvgIpc) is 2.29. The highest BCUT2D eigenvalue weighted by molar-refractivity contribution is 6.35. The largest absolute Gasteiger partial charge is 0.333 e. The van der Waals surface area contributed by atoms with Gasteiger partial charge in [0.05, 0.1) is 10.7 Å². The number of nitrogens with two attached hydrogens (primary N) is 1. The lowest BCUT2D eigenvalue weighted by Gasteiger charge is -2.30. The molecule has 0 spiro atoms. The summed E-state index contributed by atoms with van der Waals surface area (Å²) in [7, 11) is 0. The molecule has 0 aromatic heterocycles. The lowest BCUT2D eigenvalue weighted by atomic mass is 9.87. The fraction of sp³-hybridized carbons (Fsp3) is 0.462. The van der Waals surface area contributed by atoms with Crippen molar-refractivity contribution >= 4 is 34.9 Å². The monoisotopic (exact) mass is 303 g/mol. The van der Waals surface area contributed by atoms with E-state index in [1.54, 1.807) is 18.2 Å². The van der Waals surface area contributed by atoms with Crippen molar-refractivity contribution in [1.29, 1.82) is 0 Å². The van der Waals surface area contributed by atoms with E-state index in [0.717, 1.165) is 0 Å². The van der Waals surface area contributed by atoms with Gasteiger partial charge >= 0.3 is 6.03 Å². The Bertz CT molecular complexity index is 458. The lowest BCUT2D eigenvalue weighted by molar-refractivity contribution is 0.230. The molecular weight excluding hydrogens is 285 g/mol.